The lowest BCUT2D eigenvalue weighted by molar-refractivity contribution is -0.0234. The van der Waals surface area contributed by atoms with Crippen LogP contribution in [0.1, 0.15) is 6.23 Å². The third-order valence-corrected chi connectivity index (χ3v) is 2.46. The molecular weight excluding hydrogens is 247 g/mol. The molecular formula is C8H9FN6O3. The van der Waals surface area contributed by atoms with Gasteiger partial charge in [0.15, 0.2) is 18.6 Å². The molecule has 2 heterocycles. The number of rotatable bonds is 2. The van der Waals surface area contributed by atoms with Crippen LogP contribution in [0.15, 0.2) is 22.2 Å². The molecule has 0 amide bonds. The molecule has 10 heteroatoms. The Morgan fingerprint density at radius 3 is 3.06 bits per heavy atom. The summed E-state index contributed by atoms with van der Waals surface area (Å²) in [5.41, 5.74) is 12.7. The SMILES string of the molecule is [N-]=[N+]=NC1O[C@@H](n2ccc(N)nc2=O)[C@H](F)[C@@H]1O. The number of hydrogen-bond acceptors (Lipinski definition) is 6. The van der Waals surface area contributed by atoms with E-state index in [1.54, 1.807) is 0 Å². The van der Waals surface area contributed by atoms with E-state index < -0.39 is 30.4 Å². The van der Waals surface area contributed by atoms with Gasteiger partial charge in [0.2, 0.25) is 0 Å². The van der Waals surface area contributed by atoms with E-state index in [1.807, 2.05) is 0 Å². The van der Waals surface area contributed by atoms with Gasteiger partial charge in [-0.2, -0.15) is 4.98 Å². The van der Waals surface area contributed by atoms with Crippen molar-refractivity contribution in [3.05, 3.63) is 33.2 Å². The number of nitrogens with zero attached hydrogens (tertiary/aromatic N) is 5. The monoisotopic (exact) mass is 256 g/mol. The predicted molar refractivity (Wildman–Crippen MR) is 56.9 cm³/mol. The number of aromatic nitrogens is 2. The molecule has 9 nitrogen and oxygen atoms in total. The molecule has 1 aromatic rings. The minimum Gasteiger partial charge on any atom is -0.387 e. The average molecular weight is 256 g/mol. The third-order valence-electron chi connectivity index (χ3n) is 2.46. The van der Waals surface area contributed by atoms with Crippen molar-refractivity contribution in [3.63, 3.8) is 0 Å². The van der Waals surface area contributed by atoms with Gasteiger partial charge in [0, 0.05) is 11.1 Å². The number of nitrogen functional groups attached to an aromatic ring is 1. The first-order valence-corrected chi connectivity index (χ1v) is 4.91. The van der Waals surface area contributed by atoms with E-state index in [0.717, 1.165) is 4.57 Å². The molecule has 1 aliphatic heterocycles. The summed E-state index contributed by atoms with van der Waals surface area (Å²) in [5.74, 6) is -0.0169. The van der Waals surface area contributed by atoms with Crippen molar-refractivity contribution < 1.29 is 14.2 Å². The van der Waals surface area contributed by atoms with Crippen molar-refractivity contribution in [1.29, 1.82) is 0 Å². The second-order valence-corrected chi connectivity index (χ2v) is 3.60. The zero-order valence-electron chi connectivity index (χ0n) is 8.92. The molecule has 1 unspecified atom stereocenters. The maximum Gasteiger partial charge on any atom is 0.351 e. The van der Waals surface area contributed by atoms with Crippen LogP contribution in [0.4, 0.5) is 10.2 Å². The van der Waals surface area contributed by atoms with Gasteiger partial charge in [-0.3, -0.25) is 4.57 Å². The third kappa shape index (κ3) is 1.99. The number of halogens is 1. The lowest BCUT2D eigenvalue weighted by Crippen LogP contribution is -2.33. The Bertz CT molecular complexity index is 556. The van der Waals surface area contributed by atoms with Gasteiger partial charge >= 0.3 is 5.69 Å². The minimum absolute atomic E-state index is 0.0169. The van der Waals surface area contributed by atoms with Gasteiger partial charge in [-0.1, -0.05) is 5.11 Å². The Labute approximate surface area is 99.2 Å². The van der Waals surface area contributed by atoms with E-state index in [0.29, 0.717) is 0 Å². The van der Waals surface area contributed by atoms with Gasteiger partial charge in [-0.05, 0) is 11.6 Å². The zero-order valence-corrected chi connectivity index (χ0v) is 8.92. The normalized spacial score (nSPS) is 31.0. The first-order valence-electron chi connectivity index (χ1n) is 4.91. The number of hydrogen-bond donors (Lipinski definition) is 2. The second kappa shape index (κ2) is 4.61. The fraction of sp³-hybridized carbons (Fsp3) is 0.500. The van der Waals surface area contributed by atoms with Crippen LogP contribution in [0.2, 0.25) is 0 Å². The smallest absolute Gasteiger partial charge is 0.351 e. The number of nitrogens with two attached hydrogens (primary N) is 1. The van der Waals surface area contributed by atoms with Crippen LogP contribution in [-0.2, 0) is 4.74 Å². The molecule has 1 aromatic heterocycles. The Morgan fingerprint density at radius 1 is 1.72 bits per heavy atom. The summed E-state index contributed by atoms with van der Waals surface area (Å²) >= 11 is 0. The molecule has 2 rings (SSSR count). The lowest BCUT2D eigenvalue weighted by atomic mass is 10.2. The number of aliphatic hydroxyl groups excluding tert-OH is 1. The van der Waals surface area contributed by atoms with Crippen LogP contribution in [0.5, 0.6) is 0 Å². The standard InChI is InChI=1S/C8H9FN6O3/c9-4-5(16)6(13-14-11)18-7(4)15-2-1-3(10)12-8(15)17/h1-2,4-7,16H,(H2,10,12,17)/t4-,5+,6?,7-/m1/s1. The number of alkyl halides is 1. The largest absolute Gasteiger partial charge is 0.387 e. The Hall–Kier alpha value is -2.16. The summed E-state index contributed by atoms with van der Waals surface area (Å²) in [5, 5.41) is 12.5. The topological polar surface area (TPSA) is 139 Å². The van der Waals surface area contributed by atoms with Crippen LogP contribution < -0.4 is 11.4 Å². The maximum absolute atomic E-state index is 13.7. The first kappa shape index (κ1) is 12.3. The number of aliphatic hydroxyl groups is 1. The fourth-order valence-corrected chi connectivity index (χ4v) is 1.61. The zero-order chi connectivity index (χ0) is 13.3. The highest BCUT2D eigenvalue weighted by Gasteiger charge is 2.45. The molecule has 0 aliphatic carbocycles. The van der Waals surface area contributed by atoms with Crippen LogP contribution in [0, 0.1) is 0 Å². The molecule has 18 heavy (non-hydrogen) atoms. The van der Waals surface area contributed by atoms with E-state index in [9.17, 15) is 14.3 Å². The molecule has 1 fully saturated rings. The number of anilines is 1. The van der Waals surface area contributed by atoms with Crippen molar-refractivity contribution in [1.82, 2.24) is 9.55 Å². The first-order chi connectivity index (χ1) is 8.54. The highest BCUT2D eigenvalue weighted by Crippen LogP contribution is 2.31. The quantitative estimate of drug-likeness (QED) is 0.424. The van der Waals surface area contributed by atoms with Crippen LogP contribution in [-0.4, -0.2) is 33.2 Å². The predicted octanol–water partition coefficient (Wildman–Crippen LogP) is -0.310. The summed E-state index contributed by atoms with van der Waals surface area (Å²) in [7, 11) is 0. The molecule has 0 spiro atoms. The van der Waals surface area contributed by atoms with Crippen molar-refractivity contribution in [2.24, 2.45) is 5.11 Å². The molecule has 96 valence electrons. The molecule has 1 saturated heterocycles. The number of ether oxygens (including phenoxy) is 1. The Balaban J connectivity index is 2.34. The minimum atomic E-state index is -1.91. The molecule has 0 saturated carbocycles. The summed E-state index contributed by atoms with van der Waals surface area (Å²) in [6.45, 7) is 0. The lowest BCUT2D eigenvalue weighted by Gasteiger charge is -2.15. The summed E-state index contributed by atoms with van der Waals surface area (Å²) in [4.78, 5) is 17.3. The Morgan fingerprint density at radius 2 is 2.44 bits per heavy atom. The van der Waals surface area contributed by atoms with Gasteiger partial charge in [-0.25, -0.2) is 9.18 Å². The van der Waals surface area contributed by atoms with E-state index in [2.05, 4.69) is 15.0 Å². The van der Waals surface area contributed by atoms with E-state index in [1.165, 1.54) is 12.3 Å². The average Bonchev–Trinajstić information content (AvgIpc) is 2.58. The fourth-order valence-electron chi connectivity index (χ4n) is 1.61. The van der Waals surface area contributed by atoms with Gasteiger partial charge < -0.3 is 15.6 Å². The van der Waals surface area contributed by atoms with Gasteiger partial charge in [0.05, 0.1) is 0 Å². The van der Waals surface area contributed by atoms with Crippen molar-refractivity contribution in [2.45, 2.75) is 24.7 Å². The van der Waals surface area contributed by atoms with Gasteiger partial charge in [0.1, 0.15) is 11.9 Å². The molecule has 0 bridgehead atoms. The number of azide groups is 1. The molecule has 0 radical (unpaired) electrons. The summed E-state index contributed by atoms with van der Waals surface area (Å²) < 4.78 is 19.5. The summed E-state index contributed by atoms with van der Waals surface area (Å²) in [6.07, 6.45) is -5.16. The second-order valence-electron chi connectivity index (χ2n) is 3.60. The highest BCUT2D eigenvalue weighted by atomic mass is 19.1. The maximum atomic E-state index is 13.7. The molecule has 1 aliphatic rings. The molecule has 3 N–H and O–H groups in total. The van der Waals surface area contributed by atoms with Crippen molar-refractivity contribution in [2.75, 3.05) is 5.73 Å². The van der Waals surface area contributed by atoms with E-state index in [4.69, 9.17) is 16.0 Å². The highest BCUT2D eigenvalue weighted by molar-refractivity contribution is 5.23. The van der Waals surface area contributed by atoms with Crippen molar-refractivity contribution >= 4 is 5.82 Å². The van der Waals surface area contributed by atoms with E-state index in [-0.39, 0.29) is 5.82 Å². The van der Waals surface area contributed by atoms with Crippen molar-refractivity contribution in [3.8, 4) is 0 Å². The summed E-state index contributed by atoms with van der Waals surface area (Å²) in [6, 6.07) is 1.28. The van der Waals surface area contributed by atoms with E-state index >= 15 is 0 Å². The van der Waals surface area contributed by atoms with Crippen LogP contribution >= 0.6 is 0 Å². The van der Waals surface area contributed by atoms with Gasteiger partial charge in [-0.15, -0.1) is 0 Å². The van der Waals surface area contributed by atoms with Crippen LogP contribution in [0.3, 0.4) is 0 Å². The van der Waals surface area contributed by atoms with Gasteiger partial charge in [0.25, 0.3) is 0 Å². The Kier molecular flexibility index (Phi) is 3.15. The molecule has 0 aromatic carbocycles. The molecule has 4 atom stereocenters. The van der Waals surface area contributed by atoms with Crippen LogP contribution in [0.25, 0.3) is 10.4 Å².